The molecule has 3 nitrogen and oxygen atoms in total. The lowest BCUT2D eigenvalue weighted by molar-refractivity contribution is 0.316. The Kier molecular flexibility index (Phi) is 5.03. The maximum absolute atomic E-state index is 14.8. The van der Waals surface area contributed by atoms with Crippen LogP contribution in [0.3, 0.4) is 0 Å². The fraction of sp³-hybridized carbons (Fsp3) is 0.182. The molecular weight excluding hydrogens is 407 g/mol. The molecule has 4 aromatic rings. The molecule has 0 spiro atoms. The van der Waals surface area contributed by atoms with E-state index in [4.69, 9.17) is 4.74 Å². The van der Waals surface area contributed by atoms with Crippen LogP contribution in [0.15, 0.2) is 71.2 Å². The molecule has 0 fully saturated rings. The zero-order valence-electron chi connectivity index (χ0n) is 15.0. The third-order valence-electron chi connectivity index (χ3n) is 4.71. The second-order valence-electron chi connectivity index (χ2n) is 6.50. The molecule has 1 atom stereocenters. The number of fused-ring (bicyclic) bond motifs is 3. The first-order chi connectivity index (χ1) is 13.2. The van der Waals surface area contributed by atoms with Gasteiger partial charge in [0.1, 0.15) is 11.9 Å². The van der Waals surface area contributed by atoms with Crippen LogP contribution in [0.5, 0.6) is 5.75 Å². The molecule has 0 saturated carbocycles. The van der Waals surface area contributed by atoms with E-state index in [0.717, 1.165) is 37.7 Å². The van der Waals surface area contributed by atoms with Crippen LogP contribution in [0.4, 0.5) is 10.1 Å². The van der Waals surface area contributed by atoms with Crippen LogP contribution in [0.2, 0.25) is 0 Å². The number of alkyl halides is 1. The van der Waals surface area contributed by atoms with Crippen LogP contribution < -0.4 is 10.1 Å². The van der Waals surface area contributed by atoms with E-state index in [1.54, 1.807) is 7.11 Å². The van der Waals surface area contributed by atoms with Gasteiger partial charge in [0.15, 0.2) is 0 Å². The van der Waals surface area contributed by atoms with E-state index in [2.05, 4.69) is 37.9 Å². The maximum atomic E-state index is 14.8. The molecule has 0 bridgehead atoms. The summed E-state index contributed by atoms with van der Waals surface area (Å²) in [4.78, 5) is 0. The third-order valence-corrected chi connectivity index (χ3v) is 5.21. The van der Waals surface area contributed by atoms with Crippen molar-refractivity contribution in [1.82, 2.24) is 4.57 Å². The number of nitrogens with zero attached hydrogens (tertiary/aromatic N) is 1. The molecule has 0 saturated heterocycles. The fourth-order valence-electron chi connectivity index (χ4n) is 3.45. The van der Waals surface area contributed by atoms with Gasteiger partial charge >= 0.3 is 0 Å². The number of ether oxygens (including phenoxy) is 1. The van der Waals surface area contributed by atoms with E-state index in [1.165, 1.54) is 0 Å². The summed E-state index contributed by atoms with van der Waals surface area (Å²) in [6, 6.07) is 21.8. The number of nitrogens with one attached hydrogen (secondary N) is 1. The molecule has 0 aliphatic rings. The lowest BCUT2D eigenvalue weighted by Gasteiger charge is -2.14. The number of hydrogen-bond acceptors (Lipinski definition) is 2. The average Bonchev–Trinajstić information content (AvgIpc) is 3.00. The zero-order valence-corrected chi connectivity index (χ0v) is 16.5. The zero-order chi connectivity index (χ0) is 18.8. The Bertz CT molecular complexity index is 1090. The van der Waals surface area contributed by atoms with E-state index < -0.39 is 6.17 Å². The van der Waals surface area contributed by atoms with E-state index in [-0.39, 0.29) is 6.54 Å². The molecule has 5 heteroatoms. The summed E-state index contributed by atoms with van der Waals surface area (Å²) in [7, 11) is 1.62. The standard InChI is InChI=1S/C22H20BrFN2O/c1-27-18-6-4-5-17(12-18)25-13-16(24)14-26-21-8-3-2-7-19(21)20-11-15(23)9-10-22(20)26/h2-12,16,25H,13-14H2,1H3. The SMILES string of the molecule is COc1cccc(NCC(F)Cn2c3ccccc3c3cc(Br)ccc32)c1. The summed E-state index contributed by atoms with van der Waals surface area (Å²) in [6.45, 7) is 0.528. The van der Waals surface area contributed by atoms with Gasteiger partial charge < -0.3 is 14.6 Å². The fourth-order valence-corrected chi connectivity index (χ4v) is 3.81. The first-order valence-electron chi connectivity index (χ1n) is 8.84. The van der Waals surface area contributed by atoms with Crippen LogP contribution in [0.1, 0.15) is 0 Å². The second kappa shape index (κ2) is 7.61. The van der Waals surface area contributed by atoms with Crippen molar-refractivity contribution in [3.63, 3.8) is 0 Å². The Morgan fingerprint density at radius 1 is 1.00 bits per heavy atom. The number of halogens is 2. The summed E-state index contributed by atoms with van der Waals surface area (Å²) in [5, 5.41) is 5.43. The number of methoxy groups -OCH3 is 1. The Morgan fingerprint density at radius 3 is 2.67 bits per heavy atom. The van der Waals surface area contributed by atoms with Crippen molar-refractivity contribution in [2.75, 3.05) is 19.0 Å². The number of anilines is 1. The van der Waals surface area contributed by atoms with E-state index in [1.807, 2.05) is 54.6 Å². The highest BCUT2D eigenvalue weighted by atomic mass is 79.9. The van der Waals surface area contributed by atoms with Gasteiger partial charge in [0, 0.05) is 44.6 Å². The molecular formula is C22H20BrFN2O. The molecule has 0 amide bonds. The second-order valence-corrected chi connectivity index (χ2v) is 7.42. The van der Waals surface area contributed by atoms with Gasteiger partial charge in [-0.15, -0.1) is 0 Å². The molecule has 1 aromatic heterocycles. The minimum atomic E-state index is -1.03. The molecule has 27 heavy (non-hydrogen) atoms. The highest BCUT2D eigenvalue weighted by molar-refractivity contribution is 9.10. The summed E-state index contributed by atoms with van der Waals surface area (Å²) in [5.74, 6) is 0.753. The Hall–Kier alpha value is -2.53. The lowest BCUT2D eigenvalue weighted by Crippen LogP contribution is -2.21. The molecule has 138 valence electrons. The predicted octanol–water partition coefficient (Wildman–Crippen LogP) is 6.02. The first kappa shape index (κ1) is 17.9. The minimum Gasteiger partial charge on any atom is -0.497 e. The van der Waals surface area contributed by atoms with Crippen molar-refractivity contribution in [1.29, 1.82) is 0 Å². The van der Waals surface area contributed by atoms with Crippen LogP contribution in [0, 0.1) is 0 Å². The van der Waals surface area contributed by atoms with Crippen molar-refractivity contribution in [2.24, 2.45) is 0 Å². The molecule has 3 aromatic carbocycles. The van der Waals surface area contributed by atoms with Gasteiger partial charge in [0.25, 0.3) is 0 Å². The number of rotatable bonds is 6. The van der Waals surface area contributed by atoms with Crippen molar-refractivity contribution in [3.8, 4) is 5.75 Å². The van der Waals surface area contributed by atoms with Gasteiger partial charge in [0.2, 0.25) is 0 Å². The van der Waals surface area contributed by atoms with Gasteiger partial charge in [-0.25, -0.2) is 4.39 Å². The van der Waals surface area contributed by atoms with Crippen molar-refractivity contribution in [2.45, 2.75) is 12.7 Å². The number of para-hydroxylation sites is 1. The van der Waals surface area contributed by atoms with Gasteiger partial charge in [-0.05, 0) is 36.4 Å². The number of hydrogen-bond donors (Lipinski definition) is 1. The quantitative estimate of drug-likeness (QED) is 0.408. The van der Waals surface area contributed by atoms with Crippen LogP contribution in [0.25, 0.3) is 21.8 Å². The van der Waals surface area contributed by atoms with Crippen molar-refractivity contribution in [3.05, 3.63) is 71.2 Å². The molecule has 0 aliphatic heterocycles. The summed E-state index contributed by atoms with van der Waals surface area (Å²) >= 11 is 3.54. The molecule has 1 N–H and O–H groups in total. The average molecular weight is 427 g/mol. The molecule has 0 radical (unpaired) electrons. The van der Waals surface area contributed by atoms with Gasteiger partial charge in [-0.1, -0.05) is 40.2 Å². The monoisotopic (exact) mass is 426 g/mol. The Labute approximate surface area is 165 Å². The molecule has 4 rings (SSSR count). The minimum absolute atomic E-state index is 0.234. The smallest absolute Gasteiger partial charge is 0.135 e. The lowest BCUT2D eigenvalue weighted by atomic mass is 10.2. The highest BCUT2D eigenvalue weighted by Crippen LogP contribution is 2.31. The van der Waals surface area contributed by atoms with Gasteiger partial charge in [-0.2, -0.15) is 0 Å². The van der Waals surface area contributed by atoms with Crippen LogP contribution in [-0.2, 0) is 6.54 Å². The van der Waals surface area contributed by atoms with Gasteiger partial charge in [-0.3, -0.25) is 0 Å². The number of aromatic nitrogens is 1. The first-order valence-corrected chi connectivity index (χ1v) is 9.63. The largest absolute Gasteiger partial charge is 0.497 e. The van der Waals surface area contributed by atoms with E-state index in [9.17, 15) is 4.39 Å². The maximum Gasteiger partial charge on any atom is 0.135 e. The van der Waals surface area contributed by atoms with Crippen molar-refractivity contribution < 1.29 is 9.13 Å². The molecule has 1 heterocycles. The summed E-state index contributed by atoms with van der Waals surface area (Å²) < 4.78 is 23.1. The molecule has 1 unspecified atom stereocenters. The normalized spacial score (nSPS) is 12.4. The molecule has 0 aliphatic carbocycles. The third kappa shape index (κ3) is 3.65. The van der Waals surface area contributed by atoms with E-state index >= 15 is 0 Å². The van der Waals surface area contributed by atoms with Gasteiger partial charge in [0.05, 0.1) is 13.7 Å². The van der Waals surface area contributed by atoms with Crippen LogP contribution in [-0.4, -0.2) is 24.4 Å². The number of benzene rings is 3. The highest BCUT2D eigenvalue weighted by Gasteiger charge is 2.15. The topological polar surface area (TPSA) is 26.2 Å². The Morgan fingerprint density at radius 2 is 1.81 bits per heavy atom. The summed E-state index contributed by atoms with van der Waals surface area (Å²) in [6.07, 6.45) is -1.03. The van der Waals surface area contributed by atoms with Crippen molar-refractivity contribution >= 4 is 43.4 Å². The van der Waals surface area contributed by atoms with E-state index in [0.29, 0.717) is 6.54 Å². The summed E-state index contributed by atoms with van der Waals surface area (Å²) in [5.41, 5.74) is 2.95. The van der Waals surface area contributed by atoms with Crippen LogP contribution >= 0.6 is 15.9 Å². The predicted molar refractivity (Wildman–Crippen MR) is 114 cm³/mol. The Balaban J connectivity index is 1.58.